The summed E-state index contributed by atoms with van der Waals surface area (Å²) >= 11 is 0. The molecule has 0 heterocycles. The monoisotopic (exact) mass is 283 g/mol. The molecular weight excluding hydrogens is 262 g/mol. The molecule has 0 amide bonds. The Bertz CT molecular complexity index is 618. The molecule has 0 aliphatic rings. The Morgan fingerprint density at radius 1 is 0.952 bits per heavy atom. The lowest BCUT2D eigenvalue weighted by molar-refractivity contribution is 0.299. The predicted molar refractivity (Wildman–Crippen MR) is 86.9 cm³/mol. The van der Waals surface area contributed by atoms with E-state index in [9.17, 15) is 5.11 Å². The molecule has 0 fully saturated rings. The summed E-state index contributed by atoms with van der Waals surface area (Å²) in [6, 6.07) is 13.8. The van der Waals surface area contributed by atoms with Gasteiger partial charge >= 0.3 is 0 Å². The normalized spacial score (nSPS) is 11.0. The van der Waals surface area contributed by atoms with Gasteiger partial charge in [0, 0.05) is 26.4 Å². The molecule has 0 spiro atoms. The highest BCUT2D eigenvalue weighted by molar-refractivity contribution is 5.58. The zero-order valence-corrected chi connectivity index (χ0v) is 12.7. The Balaban J connectivity index is 2.23. The fourth-order valence-corrected chi connectivity index (χ4v) is 2.12. The van der Waals surface area contributed by atoms with Gasteiger partial charge in [0.05, 0.1) is 11.4 Å². The van der Waals surface area contributed by atoms with Gasteiger partial charge in [-0.2, -0.15) is 10.2 Å². The van der Waals surface area contributed by atoms with Crippen molar-refractivity contribution < 1.29 is 5.11 Å². The first-order valence-corrected chi connectivity index (χ1v) is 6.99. The number of rotatable bonds is 5. The van der Waals surface area contributed by atoms with E-state index < -0.39 is 0 Å². The first-order valence-electron chi connectivity index (χ1n) is 6.99. The van der Waals surface area contributed by atoms with Gasteiger partial charge in [-0.1, -0.05) is 17.7 Å². The Labute approximate surface area is 125 Å². The molecule has 110 valence electrons. The van der Waals surface area contributed by atoms with Crippen LogP contribution in [0.3, 0.4) is 0 Å². The first kappa shape index (κ1) is 15.2. The van der Waals surface area contributed by atoms with Crippen LogP contribution in [0.1, 0.15) is 11.1 Å². The van der Waals surface area contributed by atoms with Gasteiger partial charge in [-0.25, -0.2) is 0 Å². The third-order valence-corrected chi connectivity index (χ3v) is 3.24. The van der Waals surface area contributed by atoms with E-state index in [2.05, 4.69) is 10.2 Å². The van der Waals surface area contributed by atoms with Crippen molar-refractivity contribution in [1.82, 2.24) is 0 Å². The molecule has 2 rings (SSSR count). The third kappa shape index (κ3) is 4.13. The Morgan fingerprint density at radius 3 is 2.19 bits per heavy atom. The number of hydrogen-bond acceptors (Lipinski definition) is 4. The fraction of sp³-hybridized carbons (Fsp3) is 0.294. The average Bonchev–Trinajstić information content (AvgIpc) is 2.47. The van der Waals surface area contributed by atoms with E-state index in [0.29, 0.717) is 6.42 Å². The van der Waals surface area contributed by atoms with Crippen molar-refractivity contribution in [1.29, 1.82) is 0 Å². The summed E-state index contributed by atoms with van der Waals surface area (Å²) < 4.78 is 0. The zero-order chi connectivity index (χ0) is 15.2. The van der Waals surface area contributed by atoms with Crippen molar-refractivity contribution >= 4 is 17.1 Å². The van der Waals surface area contributed by atoms with Crippen LogP contribution >= 0.6 is 0 Å². The molecule has 0 bridgehead atoms. The second-order valence-corrected chi connectivity index (χ2v) is 5.22. The first-order chi connectivity index (χ1) is 10.1. The highest BCUT2D eigenvalue weighted by Gasteiger charge is 2.05. The standard InChI is InChI=1S/C17H21N3O/c1-13-4-6-15(7-5-13)18-19-16-8-9-17(20(2)3)14(12-16)10-11-21/h4-9,12,21H,10-11H2,1-3H3. The number of aryl methyl sites for hydroxylation is 1. The Morgan fingerprint density at radius 2 is 1.57 bits per heavy atom. The highest BCUT2D eigenvalue weighted by Crippen LogP contribution is 2.26. The van der Waals surface area contributed by atoms with Crippen LogP contribution in [-0.2, 0) is 6.42 Å². The van der Waals surface area contributed by atoms with Crippen LogP contribution < -0.4 is 4.90 Å². The van der Waals surface area contributed by atoms with Crippen molar-refractivity contribution in [2.45, 2.75) is 13.3 Å². The van der Waals surface area contributed by atoms with Crippen LogP contribution in [0.25, 0.3) is 0 Å². The van der Waals surface area contributed by atoms with Gasteiger partial charge in [0.1, 0.15) is 0 Å². The minimum Gasteiger partial charge on any atom is -0.396 e. The maximum atomic E-state index is 9.18. The van der Waals surface area contributed by atoms with E-state index >= 15 is 0 Å². The number of azo groups is 1. The molecule has 0 atom stereocenters. The van der Waals surface area contributed by atoms with Crippen molar-refractivity contribution in [3.05, 3.63) is 53.6 Å². The minimum absolute atomic E-state index is 0.124. The van der Waals surface area contributed by atoms with Crippen LogP contribution in [0.4, 0.5) is 17.1 Å². The molecule has 0 saturated carbocycles. The van der Waals surface area contributed by atoms with Gasteiger partial charge in [-0.15, -0.1) is 0 Å². The summed E-state index contributed by atoms with van der Waals surface area (Å²) in [5.74, 6) is 0. The number of aliphatic hydroxyl groups excluding tert-OH is 1. The largest absolute Gasteiger partial charge is 0.396 e. The molecule has 2 aromatic carbocycles. The molecule has 0 aliphatic heterocycles. The molecule has 0 radical (unpaired) electrons. The van der Waals surface area contributed by atoms with Crippen LogP contribution in [0, 0.1) is 6.92 Å². The Kier molecular flexibility index (Phi) is 5.06. The van der Waals surface area contributed by atoms with Crippen LogP contribution in [0.5, 0.6) is 0 Å². The maximum Gasteiger partial charge on any atom is 0.0861 e. The van der Waals surface area contributed by atoms with Crippen LogP contribution in [-0.4, -0.2) is 25.8 Å². The SMILES string of the molecule is Cc1ccc(N=Nc2ccc(N(C)C)c(CCO)c2)cc1. The highest BCUT2D eigenvalue weighted by atomic mass is 16.2. The average molecular weight is 283 g/mol. The second kappa shape index (κ2) is 6.99. The zero-order valence-electron chi connectivity index (χ0n) is 12.7. The molecule has 0 aliphatic carbocycles. The quantitative estimate of drug-likeness (QED) is 0.843. The lowest BCUT2D eigenvalue weighted by atomic mass is 10.1. The predicted octanol–water partition coefficient (Wildman–Crippen LogP) is 4.01. The molecular formula is C17H21N3O. The molecule has 0 unspecified atom stereocenters. The van der Waals surface area contributed by atoms with Gasteiger partial charge in [0.25, 0.3) is 0 Å². The van der Waals surface area contributed by atoms with Crippen molar-refractivity contribution in [2.24, 2.45) is 10.2 Å². The van der Waals surface area contributed by atoms with E-state index in [0.717, 1.165) is 22.6 Å². The third-order valence-electron chi connectivity index (χ3n) is 3.24. The summed E-state index contributed by atoms with van der Waals surface area (Å²) in [7, 11) is 3.98. The van der Waals surface area contributed by atoms with Crippen LogP contribution in [0.15, 0.2) is 52.7 Å². The molecule has 4 heteroatoms. The molecule has 21 heavy (non-hydrogen) atoms. The van der Waals surface area contributed by atoms with Crippen molar-refractivity contribution in [2.75, 3.05) is 25.6 Å². The molecule has 4 nitrogen and oxygen atoms in total. The molecule has 2 aromatic rings. The van der Waals surface area contributed by atoms with Crippen molar-refractivity contribution in [3.8, 4) is 0 Å². The number of hydrogen-bond donors (Lipinski definition) is 1. The summed E-state index contributed by atoms with van der Waals surface area (Å²) in [6.07, 6.45) is 0.613. The fourth-order valence-electron chi connectivity index (χ4n) is 2.12. The Hall–Kier alpha value is -2.20. The summed E-state index contributed by atoms with van der Waals surface area (Å²) in [6.45, 7) is 2.17. The topological polar surface area (TPSA) is 48.2 Å². The minimum atomic E-state index is 0.124. The molecule has 0 aromatic heterocycles. The summed E-state index contributed by atoms with van der Waals surface area (Å²) in [5.41, 5.74) is 5.00. The van der Waals surface area contributed by atoms with Crippen LogP contribution in [0.2, 0.25) is 0 Å². The summed E-state index contributed by atoms with van der Waals surface area (Å²) in [5, 5.41) is 17.7. The van der Waals surface area contributed by atoms with Gasteiger partial charge < -0.3 is 10.0 Å². The number of anilines is 1. The van der Waals surface area contributed by atoms with Gasteiger partial charge in [0.2, 0.25) is 0 Å². The van der Waals surface area contributed by atoms with E-state index in [1.807, 2.05) is 68.4 Å². The van der Waals surface area contributed by atoms with E-state index in [4.69, 9.17) is 0 Å². The lowest BCUT2D eigenvalue weighted by Gasteiger charge is -2.17. The number of aliphatic hydroxyl groups is 1. The summed E-state index contributed by atoms with van der Waals surface area (Å²) in [4.78, 5) is 2.03. The van der Waals surface area contributed by atoms with Gasteiger partial charge in [0.15, 0.2) is 0 Å². The van der Waals surface area contributed by atoms with E-state index in [1.54, 1.807) is 0 Å². The van der Waals surface area contributed by atoms with Crippen molar-refractivity contribution in [3.63, 3.8) is 0 Å². The van der Waals surface area contributed by atoms with Gasteiger partial charge in [-0.05, 0) is 49.2 Å². The molecule has 1 N–H and O–H groups in total. The van der Waals surface area contributed by atoms with Gasteiger partial charge in [-0.3, -0.25) is 0 Å². The smallest absolute Gasteiger partial charge is 0.0861 e. The van der Waals surface area contributed by atoms with E-state index in [-0.39, 0.29) is 6.61 Å². The second-order valence-electron chi connectivity index (χ2n) is 5.22. The number of benzene rings is 2. The lowest BCUT2D eigenvalue weighted by Crippen LogP contribution is -2.11. The number of nitrogens with zero attached hydrogens (tertiary/aromatic N) is 3. The molecule has 0 saturated heterocycles. The van der Waals surface area contributed by atoms with E-state index in [1.165, 1.54) is 5.56 Å². The maximum absolute atomic E-state index is 9.18.